The summed E-state index contributed by atoms with van der Waals surface area (Å²) in [7, 11) is -3.08. The van der Waals surface area contributed by atoms with Gasteiger partial charge in [-0.05, 0) is 55.3 Å². The van der Waals surface area contributed by atoms with Crippen molar-refractivity contribution in [3.05, 3.63) is 89.9 Å². The van der Waals surface area contributed by atoms with Gasteiger partial charge in [0.05, 0.1) is 17.0 Å². The normalized spacial score (nSPS) is 17.3. The first-order valence-electron chi connectivity index (χ1n) is 10.8. The Morgan fingerprint density at radius 1 is 1.03 bits per heavy atom. The molecule has 5 rings (SSSR count). The number of nitrogens with zero attached hydrogens (tertiary/aromatic N) is 1. The van der Waals surface area contributed by atoms with Crippen LogP contribution >= 0.6 is 0 Å². The molecule has 1 fully saturated rings. The maximum absolute atomic E-state index is 13.5. The lowest BCUT2D eigenvalue weighted by Gasteiger charge is -2.12. The minimum Gasteiger partial charge on any atom is -0.348 e. The van der Waals surface area contributed by atoms with Gasteiger partial charge in [-0.1, -0.05) is 35.9 Å². The summed E-state index contributed by atoms with van der Waals surface area (Å²) in [6.45, 7) is 2.03. The number of carbonyl (C=O) groups is 1. The van der Waals surface area contributed by atoms with E-state index < -0.39 is 9.84 Å². The van der Waals surface area contributed by atoms with E-state index in [0.29, 0.717) is 12.0 Å². The van der Waals surface area contributed by atoms with Crippen molar-refractivity contribution in [3.63, 3.8) is 0 Å². The van der Waals surface area contributed by atoms with E-state index in [-0.39, 0.29) is 29.3 Å². The number of rotatable bonds is 4. The zero-order chi connectivity index (χ0) is 23.2. The Bertz CT molecular complexity index is 1460. The molecule has 0 aliphatic carbocycles. The molecule has 0 bridgehead atoms. The quantitative estimate of drug-likeness (QED) is 0.480. The molecule has 2 heterocycles. The highest BCUT2D eigenvalue weighted by Crippen LogP contribution is 2.33. The molecule has 1 aromatic heterocycles. The van der Waals surface area contributed by atoms with Crippen molar-refractivity contribution in [2.45, 2.75) is 19.4 Å². The number of carbonyl (C=O) groups excluding carboxylic acids is 1. The smallest absolute Gasteiger partial charge is 0.251 e. The second kappa shape index (κ2) is 8.15. The molecule has 0 spiro atoms. The van der Waals surface area contributed by atoms with Crippen LogP contribution in [0.4, 0.5) is 4.39 Å². The van der Waals surface area contributed by atoms with Gasteiger partial charge in [-0.3, -0.25) is 4.79 Å². The lowest BCUT2D eigenvalue weighted by atomic mass is 10.0. The summed E-state index contributed by atoms with van der Waals surface area (Å²) in [5.74, 6) is -0.544. The number of halogens is 1. The number of aryl methyl sites for hydroxylation is 1. The van der Waals surface area contributed by atoms with E-state index in [9.17, 15) is 17.6 Å². The third-order valence-electron chi connectivity index (χ3n) is 6.10. The molecule has 1 amide bonds. The fraction of sp³-hybridized carbons (Fsp3) is 0.192. The highest BCUT2D eigenvalue weighted by atomic mass is 32.2. The van der Waals surface area contributed by atoms with Crippen LogP contribution in [0.25, 0.3) is 27.7 Å². The number of nitrogens with one attached hydrogen (secondary N) is 1. The predicted octanol–water partition coefficient (Wildman–Crippen LogP) is 4.66. The average Bonchev–Trinajstić information content (AvgIpc) is 3.34. The van der Waals surface area contributed by atoms with Gasteiger partial charge in [0.15, 0.2) is 9.84 Å². The van der Waals surface area contributed by atoms with Crippen LogP contribution in [0.2, 0.25) is 0 Å². The van der Waals surface area contributed by atoms with Gasteiger partial charge in [0.2, 0.25) is 0 Å². The van der Waals surface area contributed by atoms with E-state index >= 15 is 0 Å². The number of amides is 1. The lowest BCUT2D eigenvalue weighted by molar-refractivity contribution is 0.0941. The van der Waals surface area contributed by atoms with Crippen LogP contribution in [-0.4, -0.2) is 36.4 Å². The van der Waals surface area contributed by atoms with Crippen molar-refractivity contribution in [1.29, 1.82) is 0 Å². The molecule has 1 unspecified atom stereocenters. The minimum atomic E-state index is -3.08. The van der Waals surface area contributed by atoms with Crippen molar-refractivity contribution in [1.82, 2.24) is 9.88 Å². The Morgan fingerprint density at radius 3 is 2.42 bits per heavy atom. The van der Waals surface area contributed by atoms with E-state index in [1.165, 1.54) is 12.1 Å². The van der Waals surface area contributed by atoms with Crippen molar-refractivity contribution in [2.24, 2.45) is 0 Å². The Morgan fingerprint density at radius 2 is 1.76 bits per heavy atom. The van der Waals surface area contributed by atoms with Crippen LogP contribution in [0, 0.1) is 12.7 Å². The van der Waals surface area contributed by atoms with E-state index in [4.69, 9.17) is 0 Å². The molecule has 7 heteroatoms. The van der Waals surface area contributed by atoms with Gasteiger partial charge in [-0.2, -0.15) is 0 Å². The van der Waals surface area contributed by atoms with Crippen LogP contribution < -0.4 is 5.32 Å². The van der Waals surface area contributed by atoms with Crippen LogP contribution in [0.3, 0.4) is 0 Å². The van der Waals surface area contributed by atoms with Crippen LogP contribution in [0.15, 0.2) is 72.9 Å². The van der Waals surface area contributed by atoms with Gasteiger partial charge < -0.3 is 9.88 Å². The second-order valence-electron chi connectivity index (χ2n) is 8.56. The zero-order valence-electron chi connectivity index (χ0n) is 18.1. The van der Waals surface area contributed by atoms with Crippen LogP contribution in [0.5, 0.6) is 0 Å². The molecule has 3 aromatic carbocycles. The highest BCUT2D eigenvalue weighted by Gasteiger charge is 2.29. The predicted molar refractivity (Wildman–Crippen MR) is 128 cm³/mol. The Balaban J connectivity index is 1.58. The Labute approximate surface area is 191 Å². The fourth-order valence-electron chi connectivity index (χ4n) is 4.32. The van der Waals surface area contributed by atoms with Crippen LogP contribution in [-0.2, 0) is 9.84 Å². The van der Waals surface area contributed by atoms with Crippen LogP contribution in [0.1, 0.15) is 22.3 Å². The average molecular weight is 463 g/mol. The molecule has 1 aliphatic rings. The zero-order valence-corrected chi connectivity index (χ0v) is 18.9. The van der Waals surface area contributed by atoms with Gasteiger partial charge in [-0.15, -0.1) is 0 Å². The number of hydrogen-bond donors (Lipinski definition) is 1. The third-order valence-corrected chi connectivity index (χ3v) is 7.87. The summed E-state index contributed by atoms with van der Waals surface area (Å²) < 4.78 is 39.0. The molecule has 1 saturated heterocycles. The molecule has 1 N–H and O–H groups in total. The molecule has 168 valence electrons. The first kappa shape index (κ1) is 21.4. The van der Waals surface area contributed by atoms with Crippen molar-refractivity contribution in [3.8, 4) is 16.8 Å². The topological polar surface area (TPSA) is 68.2 Å². The molecule has 33 heavy (non-hydrogen) atoms. The Hall–Kier alpha value is -3.45. The molecule has 0 radical (unpaired) electrons. The van der Waals surface area contributed by atoms with E-state index in [1.807, 2.05) is 35.9 Å². The molecule has 4 aromatic rings. The largest absolute Gasteiger partial charge is 0.348 e. The summed E-state index contributed by atoms with van der Waals surface area (Å²) in [5.41, 5.74) is 5.24. The summed E-state index contributed by atoms with van der Waals surface area (Å²) in [6, 6.07) is 19.5. The summed E-state index contributed by atoms with van der Waals surface area (Å²) in [5, 5.41) is 3.81. The third kappa shape index (κ3) is 4.28. The van der Waals surface area contributed by atoms with Crippen molar-refractivity contribution >= 4 is 26.6 Å². The lowest BCUT2D eigenvalue weighted by Crippen LogP contribution is -2.35. The molecule has 1 aliphatic heterocycles. The second-order valence-corrected chi connectivity index (χ2v) is 10.8. The molecular weight excluding hydrogens is 439 g/mol. The van der Waals surface area contributed by atoms with E-state index in [0.717, 1.165) is 33.3 Å². The number of fused-ring (bicyclic) bond motifs is 1. The first-order valence-corrected chi connectivity index (χ1v) is 12.6. The van der Waals surface area contributed by atoms with E-state index in [1.54, 1.807) is 24.3 Å². The van der Waals surface area contributed by atoms with Crippen molar-refractivity contribution < 1.29 is 17.6 Å². The molecule has 0 saturated carbocycles. The fourth-order valence-corrected chi connectivity index (χ4v) is 6.00. The maximum Gasteiger partial charge on any atom is 0.251 e. The summed E-state index contributed by atoms with van der Waals surface area (Å²) >= 11 is 0. The van der Waals surface area contributed by atoms with E-state index in [2.05, 4.69) is 17.4 Å². The number of benzene rings is 3. The minimum absolute atomic E-state index is 0.0233. The SMILES string of the molecule is Cc1ccc(-c2cn(-c3ccc(F)cc3)c3cc(C(=O)NC4CCS(=O)(=O)C4)ccc23)cc1. The molecular formula is C26H23FN2O3S. The maximum atomic E-state index is 13.5. The summed E-state index contributed by atoms with van der Waals surface area (Å²) in [4.78, 5) is 12.9. The van der Waals surface area contributed by atoms with Crippen molar-refractivity contribution in [2.75, 3.05) is 11.5 Å². The van der Waals surface area contributed by atoms with Gasteiger partial charge in [0.1, 0.15) is 5.82 Å². The number of sulfone groups is 1. The summed E-state index contributed by atoms with van der Waals surface area (Å²) in [6.07, 6.45) is 2.42. The highest BCUT2D eigenvalue weighted by molar-refractivity contribution is 7.91. The number of aromatic nitrogens is 1. The Kier molecular flexibility index (Phi) is 5.29. The molecule has 1 atom stereocenters. The standard InChI is InChI=1S/C26H23FN2O3S/c1-17-2-4-18(5-3-17)24-15-29(22-9-7-20(27)8-10-22)25-14-19(6-11-23(24)25)26(30)28-21-12-13-33(31,32)16-21/h2-11,14-15,21H,12-13,16H2,1H3,(H,28,30). The van der Waals surface area contributed by atoms with Gasteiger partial charge in [-0.25, -0.2) is 12.8 Å². The monoisotopic (exact) mass is 462 g/mol. The van der Waals surface area contributed by atoms with Gasteiger partial charge in [0, 0.05) is 34.4 Å². The van der Waals surface area contributed by atoms with Gasteiger partial charge >= 0.3 is 0 Å². The van der Waals surface area contributed by atoms with Gasteiger partial charge in [0.25, 0.3) is 5.91 Å². The molecule has 5 nitrogen and oxygen atoms in total. The first-order chi connectivity index (χ1) is 15.8. The number of hydrogen-bond acceptors (Lipinski definition) is 3.